The Labute approximate surface area is 66.3 Å². The van der Waals surface area contributed by atoms with Gasteiger partial charge in [0, 0.05) is 6.04 Å². The second-order valence-electron chi connectivity index (χ2n) is 2.61. The minimum atomic E-state index is 0.326. The average molecular weight is 159 g/mol. The molecule has 1 fully saturated rings. The minimum absolute atomic E-state index is 0.326. The Balaban J connectivity index is 2.07. The van der Waals surface area contributed by atoms with Crippen LogP contribution in [-0.2, 0) is 0 Å². The summed E-state index contributed by atoms with van der Waals surface area (Å²) in [4.78, 5) is 0. The molecule has 0 amide bonds. The van der Waals surface area contributed by atoms with E-state index in [0.717, 1.165) is 0 Å². The first-order chi connectivity index (χ1) is 4.79. The van der Waals surface area contributed by atoms with Gasteiger partial charge in [-0.25, -0.2) is 5.43 Å². The van der Waals surface area contributed by atoms with Crippen LogP contribution < -0.4 is 16.6 Å². The molecule has 0 aromatic carbocycles. The SMILES string of the molecule is NC(=S)NNC1CCCC1. The molecule has 0 aliphatic heterocycles. The van der Waals surface area contributed by atoms with Crippen molar-refractivity contribution in [3.8, 4) is 0 Å². The van der Waals surface area contributed by atoms with Gasteiger partial charge < -0.3 is 5.73 Å². The predicted octanol–water partition coefficient (Wildman–Crippen LogP) is 0.267. The normalized spacial score (nSPS) is 19.2. The lowest BCUT2D eigenvalue weighted by molar-refractivity contribution is 0.500. The zero-order valence-electron chi connectivity index (χ0n) is 5.89. The Morgan fingerprint density at radius 2 is 2.00 bits per heavy atom. The van der Waals surface area contributed by atoms with Crippen molar-refractivity contribution < 1.29 is 0 Å². The third kappa shape index (κ3) is 2.49. The molecule has 1 saturated carbocycles. The van der Waals surface area contributed by atoms with Gasteiger partial charge in [0.1, 0.15) is 0 Å². The largest absolute Gasteiger partial charge is 0.375 e. The van der Waals surface area contributed by atoms with Crippen molar-refractivity contribution in [1.29, 1.82) is 0 Å². The monoisotopic (exact) mass is 159 g/mol. The molecular weight excluding hydrogens is 146 g/mol. The Bertz CT molecular complexity index is 120. The second kappa shape index (κ2) is 3.73. The molecule has 1 aliphatic rings. The van der Waals surface area contributed by atoms with Crippen molar-refractivity contribution in [3.05, 3.63) is 0 Å². The van der Waals surface area contributed by atoms with Crippen LogP contribution in [0.4, 0.5) is 0 Å². The fraction of sp³-hybridized carbons (Fsp3) is 0.833. The van der Waals surface area contributed by atoms with E-state index in [1.54, 1.807) is 0 Å². The summed E-state index contributed by atoms with van der Waals surface area (Å²) in [5.74, 6) is 0. The molecule has 0 aromatic rings. The number of nitrogens with one attached hydrogen (secondary N) is 2. The molecule has 4 N–H and O–H groups in total. The van der Waals surface area contributed by atoms with E-state index >= 15 is 0 Å². The lowest BCUT2D eigenvalue weighted by Gasteiger charge is -2.11. The quantitative estimate of drug-likeness (QED) is 0.400. The maximum atomic E-state index is 5.23. The molecule has 58 valence electrons. The van der Waals surface area contributed by atoms with Gasteiger partial charge in [-0.3, -0.25) is 5.43 Å². The van der Waals surface area contributed by atoms with E-state index in [4.69, 9.17) is 5.73 Å². The number of nitrogens with two attached hydrogens (primary N) is 1. The summed E-state index contributed by atoms with van der Waals surface area (Å²) >= 11 is 4.63. The molecule has 0 radical (unpaired) electrons. The number of hydrogen-bond donors (Lipinski definition) is 3. The van der Waals surface area contributed by atoms with E-state index < -0.39 is 0 Å². The zero-order valence-corrected chi connectivity index (χ0v) is 6.71. The van der Waals surface area contributed by atoms with Gasteiger partial charge in [0.05, 0.1) is 0 Å². The van der Waals surface area contributed by atoms with Crippen molar-refractivity contribution in [2.45, 2.75) is 31.7 Å². The lowest BCUT2D eigenvalue weighted by atomic mass is 10.3. The molecule has 0 unspecified atom stereocenters. The Morgan fingerprint density at radius 3 is 2.50 bits per heavy atom. The molecule has 0 bridgehead atoms. The second-order valence-corrected chi connectivity index (χ2v) is 3.05. The number of hydrazine groups is 1. The van der Waals surface area contributed by atoms with Crippen LogP contribution >= 0.6 is 12.2 Å². The van der Waals surface area contributed by atoms with Crippen LogP contribution in [0, 0.1) is 0 Å². The van der Waals surface area contributed by atoms with E-state index in [1.807, 2.05) is 0 Å². The molecule has 10 heavy (non-hydrogen) atoms. The molecule has 4 heteroatoms. The van der Waals surface area contributed by atoms with Crippen molar-refractivity contribution in [2.75, 3.05) is 0 Å². The molecular formula is C6H13N3S. The number of thiocarbonyl (C=S) groups is 1. The van der Waals surface area contributed by atoms with Gasteiger partial charge in [-0.2, -0.15) is 0 Å². The minimum Gasteiger partial charge on any atom is -0.375 e. The fourth-order valence-corrected chi connectivity index (χ4v) is 1.30. The Morgan fingerprint density at radius 1 is 1.40 bits per heavy atom. The van der Waals surface area contributed by atoms with Crippen molar-refractivity contribution in [3.63, 3.8) is 0 Å². The average Bonchev–Trinajstić information content (AvgIpc) is 2.34. The maximum absolute atomic E-state index is 5.23. The summed E-state index contributed by atoms with van der Waals surface area (Å²) in [6, 6.07) is 0.571. The van der Waals surface area contributed by atoms with Gasteiger partial charge in [0.25, 0.3) is 0 Å². The summed E-state index contributed by atoms with van der Waals surface area (Å²) in [7, 11) is 0. The topological polar surface area (TPSA) is 50.1 Å². The highest BCUT2D eigenvalue weighted by Gasteiger charge is 2.13. The third-order valence-electron chi connectivity index (χ3n) is 1.75. The van der Waals surface area contributed by atoms with E-state index in [0.29, 0.717) is 11.2 Å². The summed E-state index contributed by atoms with van der Waals surface area (Å²) in [5.41, 5.74) is 11.0. The maximum Gasteiger partial charge on any atom is 0.178 e. The van der Waals surface area contributed by atoms with Gasteiger partial charge in [-0.1, -0.05) is 12.8 Å². The van der Waals surface area contributed by atoms with Gasteiger partial charge in [-0.05, 0) is 25.1 Å². The molecule has 0 spiro atoms. The van der Waals surface area contributed by atoms with Gasteiger partial charge in [-0.15, -0.1) is 0 Å². The van der Waals surface area contributed by atoms with Crippen LogP contribution in [0.25, 0.3) is 0 Å². The van der Waals surface area contributed by atoms with Crippen molar-refractivity contribution in [2.24, 2.45) is 5.73 Å². The zero-order chi connectivity index (χ0) is 7.40. The Hall–Kier alpha value is -0.350. The van der Waals surface area contributed by atoms with Crippen LogP contribution in [0.5, 0.6) is 0 Å². The standard InChI is InChI=1S/C6H13N3S/c7-6(10)9-8-5-3-1-2-4-5/h5,8H,1-4H2,(H3,7,9,10). The van der Waals surface area contributed by atoms with E-state index in [9.17, 15) is 0 Å². The van der Waals surface area contributed by atoms with E-state index in [-0.39, 0.29) is 0 Å². The summed E-state index contributed by atoms with van der Waals surface area (Å²) in [6.07, 6.45) is 5.10. The molecule has 0 heterocycles. The molecule has 0 atom stereocenters. The molecule has 1 aliphatic carbocycles. The third-order valence-corrected chi connectivity index (χ3v) is 1.86. The van der Waals surface area contributed by atoms with Crippen molar-refractivity contribution in [1.82, 2.24) is 10.9 Å². The van der Waals surface area contributed by atoms with Gasteiger partial charge in [0.2, 0.25) is 0 Å². The molecule has 0 saturated heterocycles. The van der Waals surface area contributed by atoms with Gasteiger partial charge >= 0.3 is 0 Å². The van der Waals surface area contributed by atoms with Gasteiger partial charge in [0.15, 0.2) is 5.11 Å². The predicted molar refractivity (Wildman–Crippen MR) is 45.3 cm³/mol. The van der Waals surface area contributed by atoms with E-state index in [2.05, 4.69) is 23.1 Å². The lowest BCUT2D eigenvalue weighted by Crippen LogP contribution is -2.45. The molecule has 3 nitrogen and oxygen atoms in total. The van der Waals surface area contributed by atoms with Crippen LogP contribution in [0.3, 0.4) is 0 Å². The van der Waals surface area contributed by atoms with Crippen LogP contribution in [0.2, 0.25) is 0 Å². The smallest absolute Gasteiger partial charge is 0.178 e. The first-order valence-corrected chi connectivity index (χ1v) is 4.01. The van der Waals surface area contributed by atoms with Crippen LogP contribution in [0.1, 0.15) is 25.7 Å². The molecule has 0 aromatic heterocycles. The highest BCUT2D eigenvalue weighted by atomic mass is 32.1. The highest BCUT2D eigenvalue weighted by Crippen LogP contribution is 2.16. The summed E-state index contributed by atoms with van der Waals surface area (Å²) in [6.45, 7) is 0. The summed E-state index contributed by atoms with van der Waals surface area (Å²) in [5, 5.41) is 0.326. The molecule has 1 rings (SSSR count). The first kappa shape index (κ1) is 7.75. The van der Waals surface area contributed by atoms with Crippen molar-refractivity contribution >= 4 is 17.3 Å². The van der Waals surface area contributed by atoms with E-state index in [1.165, 1.54) is 25.7 Å². The van der Waals surface area contributed by atoms with Crippen LogP contribution in [-0.4, -0.2) is 11.2 Å². The number of hydrogen-bond acceptors (Lipinski definition) is 2. The fourth-order valence-electron chi connectivity index (χ4n) is 1.24. The first-order valence-electron chi connectivity index (χ1n) is 3.60. The number of rotatable bonds is 2. The Kier molecular flexibility index (Phi) is 2.89. The van der Waals surface area contributed by atoms with Crippen LogP contribution in [0.15, 0.2) is 0 Å². The highest BCUT2D eigenvalue weighted by molar-refractivity contribution is 7.80. The summed E-state index contributed by atoms with van der Waals surface area (Å²) < 4.78 is 0.